The van der Waals surface area contributed by atoms with Crippen molar-refractivity contribution in [1.29, 1.82) is 0 Å². The molecule has 4 rings (SSSR count). The molecule has 0 aliphatic heterocycles. The first-order valence-electron chi connectivity index (χ1n) is 10.7. The van der Waals surface area contributed by atoms with Crippen LogP contribution in [0.25, 0.3) is 5.65 Å². The molecule has 3 aromatic rings. The summed E-state index contributed by atoms with van der Waals surface area (Å²) in [6.07, 6.45) is 2.00. The Morgan fingerprint density at radius 1 is 1.31 bits per heavy atom. The molecule has 190 valence electrons. The maximum atomic E-state index is 12.7. The molecule has 1 amide bonds. The topological polar surface area (TPSA) is 155 Å². The molecular weight excluding hydrogens is 489 g/mol. The summed E-state index contributed by atoms with van der Waals surface area (Å²) in [5.74, 6) is -2.35. The second-order valence-corrected chi connectivity index (χ2v) is 8.95. The first-order chi connectivity index (χ1) is 16.5. The highest BCUT2D eigenvalue weighted by molar-refractivity contribution is 7.10. The number of alkyl halides is 3. The van der Waals surface area contributed by atoms with Crippen LogP contribution in [0.1, 0.15) is 53.9 Å². The number of carboxylic acids is 1. The van der Waals surface area contributed by atoms with Crippen molar-refractivity contribution in [1.82, 2.24) is 14.6 Å². The van der Waals surface area contributed by atoms with Crippen LogP contribution < -0.4 is 16.4 Å². The number of anilines is 2. The van der Waals surface area contributed by atoms with Gasteiger partial charge in [-0.05, 0) is 31.9 Å². The molecule has 0 aromatic carbocycles. The lowest BCUT2D eigenvalue weighted by molar-refractivity contribution is -0.192. The van der Waals surface area contributed by atoms with E-state index in [1.807, 2.05) is 6.07 Å². The van der Waals surface area contributed by atoms with Gasteiger partial charge in [0.1, 0.15) is 11.4 Å². The molecule has 0 spiro atoms. The zero-order chi connectivity index (χ0) is 25.8. The van der Waals surface area contributed by atoms with Crippen LogP contribution in [0.3, 0.4) is 0 Å². The van der Waals surface area contributed by atoms with E-state index < -0.39 is 18.2 Å². The largest absolute Gasteiger partial charge is 0.490 e. The summed E-state index contributed by atoms with van der Waals surface area (Å²) in [4.78, 5) is 27.0. The number of carboxylic acid groups (broad SMARTS) is 1. The number of nitrogens with zero attached hydrogens (tertiary/aromatic N) is 3. The first-order valence-corrected chi connectivity index (χ1v) is 11.6. The van der Waals surface area contributed by atoms with Crippen molar-refractivity contribution >= 4 is 40.4 Å². The minimum Gasteiger partial charge on any atom is -0.475 e. The summed E-state index contributed by atoms with van der Waals surface area (Å²) in [7, 11) is 0. The molecule has 35 heavy (non-hydrogen) atoms. The summed E-state index contributed by atoms with van der Waals surface area (Å²) < 4.78 is 33.3. The average Bonchev–Trinajstić information content (AvgIpc) is 3.42. The third-order valence-corrected chi connectivity index (χ3v) is 6.40. The maximum Gasteiger partial charge on any atom is 0.490 e. The highest BCUT2D eigenvalue weighted by Gasteiger charge is 2.38. The van der Waals surface area contributed by atoms with Crippen LogP contribution in [0.5, 0.6) is 0 Å². The number of rotatable bonds is 5. The monoisotopic (exact) mass is 514 g/mol. The van der Waals surface area contributed by atoms with Gasteiger partial charge in [-0.1, -0.05) is 12.8 Å². The number of nitrogens with one attached hydrogen (secondary N) is 2. The normalized spacial score (nSPS) is 18.9. The smallest absolute Gasteiger partial charge is 0.475 e. The highest BCUT2D eigenvalue weighted by atomic mass is 32.1. The third kappa shape index (κ3) is 6.90. The Kier molecular flexibility index (Phi) is 8.30. The van der Waals surface area contributed by atoms with E-state index in [1.54, 1.807) is 29.1 Å². The molecule has 0 saturated heterocycles. The number of halogens is 3. The van der Waals surface area contributed by atoms with E-state index in [4.69, 9.17) is 15.6 Å². The van der Waals surface area contributed by atoms with Gasteiger partial charge >= 0.3 is 12.1 Å². The quantitative estimate of drug-likeness (QED) is 0.347. The lowest BCUT2D eigenvalue weighted by Gasteiger charge is -2.29. The molecule has 10 nitrogen and oxygen atoms in total. The van der Waals surface area contributed by atoms with E-state index in [2.05, 4.69) is 20.7 Å². The van der Waals surface area contributed by atoms with Crippen molar-refractivity contribution in [3.05, 3.63) is 40.3 Å². The fourth-order valence-corrected chi connectivity index (χ4v) is 4.26. The Balaban J connectivity index is 0.000000429. The summed E-state index contributed by atoms with van der Waals surface area (Å²) in [5, 5.41) is 29.0. The van der Waals surface area contributed by atoms with E-state index in [0.717, 1.165) is 30.6 Å². The van der Waals surface area contributed by atoms with Crippen molar-refractivity contribution in [3.8, 4) is 0 Å². The van der Waals surface area contributed by atoms with Crippen LogP contribution >= 0.6 is 11.3 Å². The maximum absolute atomic E-state index is 12.7. The van der Waals surface area contributed by atoms with E-state index in [1.165, 1.54) is 17.5 Å². The number of nitrogens with two attached hydrogens (primary N) is 1. The fourth-order valence-electron chi connectivity index (χ4n) is 3.47. The summed E-state index contributed by atoms with van der Waals surface area (Å²) in [6, 6.07) is 3.91. The van der Waals surface area contributed by atoms with Crippen LogP contribution in [0.15, 0.2) is 29.9 Å². The number of aliphatic hydroxyl groups is 1. The number of aliphatic carboxylic acids is 1. The minimum atomic E-state index is -5.08. The predicted octanol–water partition coefficient (Wildman–Crippen LogP) is 3.41. The predicted molar refractivity (Wildman–Crippen MR) is 123 cm³/mol. The van der Waals surface area contributed by atoms with E-state index in [-0.39, 0.29) is 18.0 Å². The third-order valence-electron chi connectivity index (χ3n) is 5.30. The van der Waals surface area contributed by atoms with Gasteiger partial charge < -0.3 is 26.6 Å². The van der Waals surface area contributed by atoms with Gasteiger partial charge in [-0.25, -0.2) is 14.3 Å². The molecule has 14 heteroatoms. The first kappa shape index (κ1) is 26.4. The second-order valence-electron chi connectivity index (χ2n) is 8.01. The second kappa shape index (κ2) is 11.0. The van der Waals surface area contributed by atoms with Crippen molar-refractivity contribution in [2.45, 2.75) is 57.0 Å². The van der Waals surface area contributed by atoms with Gasteiger partial charge in [-0.2, -0.15) is 18.3 Å². The van der Waals surface area contributed by atoms with E-state index in [0.29, 0.717) is 22.7 Å². The lowest BCUT2D eigenvalue weighted by Crippen LogP contribution is -2.42. The van der Waals surface area contributed by atoms with Crippen LogP contribution in [0.4, 0.5) is 24.7 Å². The molecule has 0 bridgehead atoms. The molecule has 1 aliphatic carbocycles. The van der Waals surface area contributed by atoms with Crippen molar-refractivity contribution < 1.29 is 33.0 Å². The molecule has 1 aliphatic rings. The Morgan fingerprint density at radius 2 is 2.00 bits per heavy atom. The molecule has 3 heterocycles. The number of carbonyl (C=O) groups excluding carboxylic acids is 1. The highest BCUT2D eigenvalue weighted by Crippen LogP contribution is 2.26. The number of aromatic nitrogens is 3. The van der Waals surface area contributed by atoms with Gasteiger partial charge in [0, 0.05) is 28.5 Å². The number of hydrogen-bond donors (Lipinski definition) is 5. The van der Waals surface area contributed by atoms with E-state index in [9.17, 15) is 23.1 Å². The van der Waals surface area contributed by atoms with Crippen LogP contribution in [-0.2, 0) is 4.79 Å². The molecular formula is C21H25F3N6O4S. The van der Waals surface area contributed by atoms with Gasteiger partial charge in [0.05, 0.1) is 18.0 Å². The lowest BCUT2D eigenvalue weighted by atomic mass is 9.91. The molecule has 3 atom stereocenters. The number of fused-ring (bicyclic) bond motifs is 1. The molecule has 6 N–H and O–H groups in total. The number of aliphatic hydroxyl groups excluding tert-OH is 1. The van der Waals surface area contributed by atoms with Crippen LogP contribution in [-0.4, -0.2) is 54.9 Å². The van der Waals surface area contributed by atoms with E-state index >= 15 is 0 Å². The van der Waals surface area contributed by atoms with Crippen molar-refractivity contribution in [2.75, 3.05) is 10.6 Å². The number of carbonyl (C=O) groups is 2. The molecule has 1 unspecified atom stereocenters. The van der Waals surface area contributed by atoms with Gasteiger partial charge in [-0.15, -0.1) is 11.3 Å². The van der Waals surface area contributed by atoms with Gasteiger partial charge in [0.15, 0.2) is 5.65 Å². The number of thiophene rings is 1. The fraction of sp³-hybridized carbons (Fsp3) is 0.429. The van der Waals surface area contributed by atoms with Crippen molar-refractivity contribution in [3.63, 3.8) is 0 Å². The molecule has 1 saturated carbocycles. The van der Waals surface area contributed by atoms with Crippen LogP contribution in [0.2, 0.25) is 0 Å². The van der Waals surface area contributed by atoms with Gasteiger partial charge in [0.2, 0.25) is 0 Å². The molecule has 1 fully saturated rings. The Bertz CT molecular complexity index is 1180. The zero-order valence-corrected chi connectivity index (χ0v) is 19.4. The van der Waals surface area contributed by atoms with Gasteiger partial charge in [0.25, 0.3) is 5.91 Å². The molecule has 3 aromatic heterocycles. The number of amides is 1. The summed E-state index contributed by atoms with van der Waals surface area (Å²) >= 11 is 1.40. The SMILES string of the molecule is CC(O)c1cc(NC(=O)c2cnn3ccc(N[C@@H]4CCCC[C@@H]4N)nc23)cs1.O=C(O)C(F)(F)F. The van der Waals surface area contributed by atoms with Crippen molar-refractivity contribution in [2.24, 2.45) is 5.73 Å². The number of hydrogen-bond acceptors (Lipinski definition) is 8. The summed E-state index contributed by atoms with van der Waals surface area (Å²) in [6.45, 7) is 1.69. The molecule has 0 radical (unpaired) electrons. The standard InChI is InChI=1S/C19H24N6O2S.C2HF3O2/c1-11(26)16-8-12(10-28-16)22-19(27)13-9-21-25-7-6-17(24-18(13)25)23-15-5-3-2-4-14(15)20;3-2(4,5)1(6)7/h6-11,14-15,26H,2-5,20H2,1H3,(H,22,27)(H,23,24);(H,6,7)/t11?,14-,15+;/m0./s1. The van der Waals surface area contributed by atoms with Crippen LogP contribution in [0, 0.1) is 0 Å². The van der Waals surface area contributed by atoms with Gasteiger partial charge in [-0.3, -0.25) is 4.79 Å². The zero-order valence-electron chi connectivity index (χ0n) is 18.6. The average molecular weight is 515 g/mol. The summed E-state index contributed by atoms with van der Waals surface area (Å²) in [5.41, 5.74) is 7.74. The Labute approximate surface area is 202 Å². The minimum absolute atomic E-state index is 0.112. The Morgan fingerprint density at radius 3 is 2.60 bits per heavy atom. The Hall–Kier alpha value is -3.23.